The van der Waals surface area contributed by atoms with Gasteiger partial charge in [-0.2, -0.15) is 17.5 Å². The van der Waals surface area contributed by atoms with Crippen molar-refractivity contribution in [1.82, 2.24) is 4.31 Å². The van der Waals surface area contributed by atoms with E-state index in [4.69, 9.17) is 4.74 Å². The molecule has 1 saturated heterocycles. The Morgan fingerprint density at radius 1 is 1.00 bits per heavy atom. The molecule has 6 nitrogen and oxygen atoms in total. The fourth-order valence-corrected chi connectivity index (χ4v) is 5.09. The van der Waals surface area contributed by atoms with Gasteiger partial charge in [-0.15, -0.1) is 0 Å². The topological polar surface area (TPSA) is 75.7 Å². The quantitative estimate of drug-likeness (QED) is 0.717. The fourth-order valence-electron chi connectivity index (χ4n) is 3.39. The molecule has 1 aliphatic rings. The van der Waals surface area contributed by atoms with Crippen molar-refractivity contribution in [3.8, 4) is 5.75 Å². The molecule has 0 bridgehead atoms. The molecule has 3 rings (SSSR count). The van der Waals surface area contributed by atoms with Gasteiger partial charge in [0.25, 0.3) is 5.91 Å². The van der Waals surface area contributed by atoms with Crippen LogP contribution >= 0.6 is 0 Å². The maximum absolute atomic E-state index is 13.2. The zero-order chi connectivity index (χ0) is 22.6. The summed E-state index contributed by atoms with van der Waals surface area (Å²) in [5.74, 6) is -0.523. The lowest BCUT2D eigenvalue weighted by molar-refractivity contribution is -0.137. The SMILES string of the molecule is COc1ccc(C(=O)Nc2ccc(C(F)(F)F)cc2)cc1S(=O)(=O)N1CCCCCC1. The van der Waals surface area contributed by atoms with Crippen molar-refractivity contribution in [2.75, 3.05) is 25.5 Å². The molecule has 2 aromatic carbocycles. The highest BCUT2D eigenvalue weighted by Gasteiger charge is 2.31. The van der Waals surface area contributed by atoms with Crippen LogP contribution < -0.4 is 10.1 Å². The largest absolute Gasteiger partial charge is 0.495 e. The normalized spacial score (nSPS) is 15.9. The number of rotatable bonds is 5. The van der Waals surface area contributed by atoms with Gasteiger partial charge in [0.05, 0.1) is 12.7 Å². The van der Waals surface area contributed by atoms with E-state index < -0.39 is 27.7 Å². The first-order valence-corrected chi connectivity index (χ1v) is 11.2. The third-order valence-electron chi connectivity index (χ3n) is 5.08. The molecule has 0 spiro atoms. The third-order valence-corrected chi connectivity index (χ3v) is 7.00. The first-order valence-electron chi connectivity index (χ1n) is 9.80. The molecule has 0 aliphatic carbocycles. The van der Waals surface area contributed by atoms with Crippen LogP contribution in [0.2, 0.25) is 0 Å². The first-order chi connectivity index (χ1) is 14.6. The van der Waals surface area contributed by atoms with Gasteiger partial charge in [-0.25, -0.2) is 8.42 Å². The molecular weight excluding hydrogens is 433 g/mol. The summed E-state index contributed by atoms with van der Waals surface area (Å²) in [6.07, 6.45) is -1.04. The molecule has 0 aromatic heterocycles. The molecule has 10 heteroatoms. The molecule has 1 fully saturated rings. The van der Waals surface area contributed by atoms with Crippen molar-refractivity contribution >= 4 is 21.6 Å². The Morgan fingerprint density at radius 3 is 2.16 bits per heavy atom. The van der Waals surface area contributed by atoms with E-state index in [2.05, 4.69) is 5.32 Å². The number of nitrogens with zero attached hydrogens (tertiary/aromatic N) is 1. The highest BCUT2D eigenvalue weighted by atomic mass is 32.2. The van der Waals surface area contributed by atoms with Crippen LogP contribution in [0.25, 0.3) is 0 Å². The van der Waals surface area contributed by atoms with E-state index in [0.29, 0.717) is 13.1 Å². The summed E-state index contributed by atoms with van der Waals surface area (Å²) in [4.78, 5) is 12.5. The molecule has 31 heavy (non-hydrogen) atoms. The Balaban J connectivity index is 1.86. The smallest absolute Gasteiger partial charge is 0.416 e. The molecule has 1 N–H and O–H groups in total. The average molecular weight is 456 g/mol. The van der Waals surface area contributed by atoms with Gasteiger partial charge in [0.15, 0.2) is 0 Å². The minimum Gasteiger partial charge on any atom is -0.495 e. The average Bonchev–Trinajstić information content (AvgIpc) is 3.03. The highest BCUT2D eigenvalue weighted by molar-refractivity contribution is 7.89. The lowest BCUT2D eigenvalue weighted by Gasteiger charge is -2.21. The number of benzene rings is 2. The van der Waals surface area contributed by atoms with Gasteiger partial charge in [0, 0.05) is 24.3 Å². The van der Waals surface area contributed by atoms with Crippen molar-refractivity contribution in [2.45, 2.75) is 36.8 Å². The standard InChI is InChI=1S/C21H23F3N2O4S/c1-30-18-11-6-15(14-19(18)31(28,29)26-12-4-2-3-5-13-26)20(27)25-17-9-7-16(8-10-17)21(22,23)24/h6-11,14H,2-5,12-13H2,1H3,(H,25,27). The van der Waals surface area contributed by atoms with Gasteiger partial charge in [-0.1, -0.05) is 12.8 Å². The summed E-state index contributed by atoms with van der Waals surface area (Å²) in [5, 5.41) is 2.49. The van der Waals surface area contributed by atoms with Crippen molar-refractivity contribution < 1.29 is 31.1 Å². The van der Waals surface area contributed by atoms with Gasteiger partial charge in [-0.05, 0) is 55.3 Å². The van der Waals surface area contributed by atoms with E-state index >= 15 is 0 Å². The molecule has 1 amide bonds. The lowest BCUT2D eigenvalue weighted by Crippen LogP contribution is -2.32. The van der Waals surface area contributed by atoms with Gasteiger partial charge >= 0.3 is 6.18 Å². The van der Waals surface area contributed by atoms with E-state index in [0.717, 1.165) is 49.9 Å². The van der Waals surface area contributed by atoms with Crippen LogP contribution in [0.15, 0.2) is 47.4 Å². The number of alkyl halides is 3. The van der Waals surface area contributed by atoms with Crippen molar-refractivity contribution in [3.63, 3.8) is 0 Å². The van der Waals surface area contributed by atoms with Crippen LogP contribution in [0.1, 0.15) is 41.6 Å². The van der Waals surface area contributed by atoms with Crippen molar-refractivity contribution in [2.24, 2.45) is 0 Å². The zero-order valence-electron chi connectivity index (χ0n) is 16.9. The van der Waals surface area contributed by atoms with Crippen LogP contribution in [0.4, 0.5) is 18.9 Å². The summed E-state index contributed by atoms with van der Waals surface area (Å²) in [7, 11) is -2.53. The van der Waals surface area contributed by atoms with E-state index in [1.165, 1.54) is 29.6 Å². The number of methoxy groups -OCH3 is 1. The summed E-state index contributed by atoms with van der Waals surface area (Å²) in [5.41, 5.74) is -0.624. The summed E-state index contributed by atoms with van der Waals surface area (Å²) in [6.45, 7) is 0.793. The highest BCUT2D eigenvalue weighted by Crippen LogP contribution is 2.31. The Hall–Kier alpha value is -2.59. The Kier molecular flexibility index (Phi) is 6.90. The summed E-state index contributed by atoms with van der Waals surface area (Å²) >= 11 is 0. The van der Waals surface area contributed by atoms with Crippen LogP contribution in [-0.2, 0) is 16.2 Å². The molecule has 0 saturated carbocycles. The molecular formula is C21H23F3N2O4S. The molecule has 2 aromatic rings. The number of anilines is 1. The number of hydrogen-bond acceptors (Lipinski definition) is 4. The minimum atomic E-state index is -4.48. The predicted octanol–water partition coefficient (Wildman–Crippen LogP) is 4.53. The Bertz CT molecular complexity index is 1030. The molecule has 0 radical (unpaired) electrons. The van der Waals surface area contributed by atoms with Crippen LogP contribution in [0.5, 0.6) is 5.75 Å². The van der Waals surface area contributed by atoms with Gasteiger partial charge < -0.3 is 10.1 Å². The number of halogens is 3. The maximum atomic E-state index is 13.2. The van der Waals surface area contributed by atoms with E-state index in [1.54, 1.807) is 0 Å². The number of hydrogen-bond donors (Lipinski definition) is 1. The van der Waals surface area contributed by atoms with Crippen LogP contribution in [-0.4, -0.2) is 38.8 Å². The molecule has 0 unspecified atom stereocenters. The fraction of sp³-hybridized carbons (Fsp3) is 0.381. The van der Waals surface area contributed by atoms with Crippen molar-refractivity contribution in [1.29, 1.82) is 0 Å². The van der Waals surface area contributed by atoms with Crippen molar-refractivity contribution in [3.05, 3.63) is 53.6 Å². The maximum Gasteiger partial charge on any atom is 0.416 e. The van der Waals surface area contributed by atoms with E-state index in [9.17, 15) is 26.4 Å². The number of amides is 1. The second-order valence-corrected chi connectivity index (χ2v) is 9.12. The van der Waals surface area contributed by atoms with Gasteiger partial charge in [0.2, 0.25) is 10.0 Å². The number of carbonyl (C=O) groups is 1. The molecule has 1 heterocycles. The number of nitrogens with one attached hydrogen (secondary N) is 1. The monoisotopic (exact) mass is 456 g/mol. The molecule has 0 atom stereocenters. The Labute approximate surface area is 179 Å². The predicted molar refractivity (Wildman–Crippen MR) is 110 cm³/mol. The Morgan fingerprint density at radius 2 is 1.61 bits per heavy atom. The first kappa shape index (κ1) is 23.1. The number of sulfonamides is 1. The van der Waals surface area contributed by atoms with E-state index in [1.807, 2.05) is 0 Å². The van der Waals surface area contributed by atoms with Gasteiger partial charge in [-0.3, -0.25) is 4.79 Å². The zero-order valence-corrected chi connectivity index (χ0v) is 17.7. The third kappa shape index (κ3) is 5.37. The molecule has 1 aliphatic heterocycles. The number of carbonyl (C=O) groups excluding carboxylic acids is 1. The second kappa shape index (κ2) is 9.27. The van der Waals surface area contributed by atoms with Gasteiger partial charge in [0.1, 0.15) is 10.6 Å². The summed E-state index contributed by atoms with van der Waals surface area (Å²) in [6, 6.07) is 8.03. The lowest BCUT2D eigenvalue weighted by atomic mass is 10.1. The van der Waals surface area contributed by atoms with E-state index in [-0.39, 0.29) is 21.9 Å². The molecule has 168 valence electrons. The van der Waals surface area contributed by atoms with Crippen LogP contribution in [0, 0.1) is 0 Å². The second-order valence-electron chi connectivity index (χ2n) is 7.21. The minimum absolute atomic E-state index is 0.0501. The van der Waals surface area contributed by atoms with Crippen LogP contribution in [0.3, 0.4) is 0 Å². The number of ether oxygens (including phenoxy) is 1. The summed E-state index contributed by atoms with van der Waals surface area (Å²) < 4.78 is 71.1.